The molecule has 0 spiro atoms. The molecule has 0 aromatic heterocycles. The maximum Gasteiger partial charge on any atom is 0.335 e. The van der Waals surface area contributed by atoms with E-state index >= 15 is 0 Å². The highest BCUT2D eigenvalue weighted by molar-refractivity contribution is 5.74. The van der Waals surface area contributed by atoms with Crippen LogP contribution in [0.15, 0.2) is 122 Å². The monoisotopic (exact) mass is 991 g/mol. The zero-order valence-electron chi connectivity index (χ0n) is 43.4. The van der Waals surface area contributed by atoms with Gasteiger partial charge in [0.05, 0.1) is 13.0 Å². The normalized spacial score (nSPS) is 19.5. The van der Waals surface area contributed by atoms with E-state index in [1.165, 1.54) is 12.8 Å². The third-order valence-electron chi connectivity index (χ3n) is 11.0. The SMILES string of the molecule is CC/C=C\C/C=C\C/C=C\C/C=C\C/C=C\CC(=O)OCC(COC1OC(C(=O)O)C(O)C(O)C1OC(=O)CCCCCCC/C=C\CCCC)OC(=O)CCCC/C=C\C/C=C\C/C=C\C/C=C\CC. The van der Waals surface area contributed by atoms with Crippen molar-refractivity contribution in [3.63, 3.8) is 0 Å². The second-order valence-corrected chi connectivity index (χ2v) is 17.4. The molecule has 0 bridgehead atoms. The van der Waals surface area contributed by atoms with E-state index in [1.54, 1.807) is 6.08 Å². The molecule has 0 saturated carbocycles. The molecule has 0 aromatic rings. The number of carboxylic acid groups (broad SMARTS) is 1. The van der Waals surface area contributed by atoms with Gasteiger partial charge in [0, 0.05) is 12.8 Å². The van der Waals surface area contributed by atoms with Gasteiger partial charge in [-0.05, 0) is 103 Å². The number of allylic oxidation sites excluding steroid dienone is 19. The van der Waals surface area contributed by atoms with Gasteiger partial charge in [0.1, 0.15) is 18.8 Å². The summed E-state index contributed by atoms with van der Waals surface area (Å²) in [4.78, 5) is 50.8. The second kappa shape index (κ2) is 46.2. The molecule has 6 unspecified atom stereocenters. The lowest BCUT2D eigenvalue weighted by Crippen LogP contribution is -2.61. The Labute approximate surface area is 427 Å². The molecule has 3 N–H and O–H groups in total. The molecule has 12 heteroatoms. The molecule has 1 heterocycles. The number of aliphatic carboxylic acids is 1. The molecular formula is C59H90O12. The summed E-state index contributed by atoms with van der Waals surface area (Å²) in [6, 6.07) is 0. The van der Waals surface area contributed by atoms with Crippen molar-refractivity contribution in [3.8, 4) is 0 Å². The van der Waals surface area contributed by atoms with E-state index in [-0.39, 0.29) is 19.3 Å². The summed E-state index contributed by atoms with van der Waals surface area (Å²) in [6.45, 7) is 5.55. The van der Waals surface area contributed by atoms with Crippen LogP contribution >= 0.6 is 0 Å². The van der Waals surface area contributed by atoms with Crippen LogP contribution < -0.4 is 0 Å². The highest BCUT2D eigenvalue weighted by Crippen LogP contribution is 2.26. The molecule has 1 aliphatic rings. The van der Waals surface area contributed by atoms with Crippen LogP contribution in [0, 0.1) is 0 Å². The molecule has 1 rings (SSSR count). The van der Waals surface area contributed by atoms with Gasteiger partial charge in [-0.2, -0.15) is 0 Å². The Balaban J connectivity index is 2.83. The first-order chi connectivity index (χ1) is 34.6. The molecule has 0 aliphatic carbocycles. The molecule has 0 amide bonds. The van der Waals surface area contributed by atoms with Crippen LogP contribution in [0.3, 0.4) is 0 Å². The lowest BCUT2D eigenvalue weighted by atomic mass is 9.98. The van der Waals surface area contributed by atoms with Gasteiger partial charge < -0.3 is 39.0 Å². The average Bonchev–Trinajstić information content (AvgIpc) is 3.35. The number of carboxylic acids is 1. The highest BCUT2D eigenvalue weighted by Gasteiger charge is 2.50. The number of esters is 3. The molecule has 6 atom stereocenters. The first kappa shape index (κ1) is 64.1. The molecule has 1 saturated heterocycles. The van der Waals surface area contributed by atoms with E-state index in [0.29, 0.717) is 19.3 Å². The summed E-state index contributed by atoms with van der Waals surface area (Å²) in [6.07, 6.45) is 50.8. The number of rotatable bonds is 42. The Kier molecular flexibility index (Phi) is 41.7. The summed E-state index contributed by atoms with van der Waals surface area (Å²) in [7, 11) is 0. The molecule has 1 aliphatic heterocycles. The van der Waals surface area contributed by atoms with Crippen LogP contribution in [0.4, 0.5) is 0 Å². The zero-order chi connectivity index (χ0) is 51.8. The Bertz CT molecular complexity index is 1700. The van der Waals surface area contributed by atoms with Crippen molar-refractivity contribution in [3.05, 3.63) is 122 Å². The molecule has 1 fully saturated rings. The van der Waals surface area contributed by atoms with Crippen LogP contribution in [0.5, 0.6) is 0 Å². The van der Waals surface area contributed by atoms with Crippen molar-refractivity contribution in [1.29, 1.82) is 0 Å². The third kappa shape index (κ3) is 36.7. The van der Waals surface area contributed by atoms with Gasteiger partial charge in [-0.25, -0.2) is 4.79 Å². The first-order valence-electron chi connectivity index (χ1n) is 26.5. The van der Waals surface area contributed by atoms with Crippen LogP contribution in [0.1, 0.15) is 175 Å². The fourth-order valence-corrected chi connectivity index (χ4v) is 7.00. The van der Waals surface area contributed by atoms with Crippen LogP contribution in [-0.4, -0.2) is 89.2 Å². The van der Waals surface area contributed by atoms with E-state index in [0.717, 1.165) is 103 Å². The molecule has 0 aromatic carbocycles. The topological polar surface area (TPSA) is 175 Å². The van der Waals surface area contributed by atoms with Gasteiger partial charge in [0.25, 0.3) is 0 Å². The van der Waals surface area contributed by atoms with Crippen molar-refractivity contribution in [2.24, 2.45) is 0 Å². The number of aliphatic hydroxyl groups is 2. The van der Waals surface area contributed by atoms with E-state index in [1.807, 2.05) is 18.2 Å². The van der Waals surface area contributed by atoms with Gasteiger partial charge in [0.2, 0.25) is 0 Å². The Morgan fingerprint density at radius 3 is 1.46 bits per heavy atom. The number of hydrogen-bond acceptors (Lipinski definition) is 11. The number of carbonyl (C=O) groups excluding carboxylic acids is 3. The summed E-state index contributed by atoms with van der Waals surface area (Å²) in [5.41, 5.74) is 0. The van der Waals surface area contributed by atoms with Crippen molar-refractivity contribution in [2.45, 2.75) is 212 Å². The van der Waals surface area contributed by atoms with Gasteiger partial charge in [-0.3, -0.25) is 14.4 Å². The van der Waals surface area contributed by atoms with Crippen molar-refractivity contribution in [2.75, 3.05) is 13.2 Å². The van der Waals surface area contributed by atoms with Crippen molar-refractivity contribution in [1.82, 2.24) is 0 Å². The predicted octanol–water partition coefficient (Wildman–Crippen LogP) is 12.9. The summed E-state index contributed by atoms with van der Waals surface area (Å²) >= 11 is 0. The number of ether oxygens (including phenoxy) is 5. The van der Waals surface area contributed by atoms with Crippen molar-refractivity contribution < 1.29 is 58.2 Å². The number of unbranched alkanes of at least 4 members (excludes halogenated alkanes) is 9. The Hall–Kier alpha value is -4.88. The predicted molar refractivity (Wildman–Crippen MR) is 284 cm³/mol. The highest BCUT2D eigenvalue weighted by atomic mass is 16.7. The lowest BCUT2D eigenvalue weighted by molar-refractivity contribution is -0.301. The van der Waals surface area contributed by atoms with Gasteiger partial charge >= 0.3 is 23.9 Å². The molecule has 12 nitrogen and oxygen atoms in total. The van der Waals surface area contributed by atoms with Crippen LogP contribution in [0.2, 0.25) is 0 Å². The summed E-state index contributed by atoms with van der Waals surface area (Å²) in [5.74, 6) is -3.38. The minimum Gasteiger partial charge on any atom is -0.479 e. The average molecular weight is 991 g/mol. The van der Waals surface area contributed by atoms with Gasteiger partial charge in [-0.1, -0.05) is 174 Å². The van der Waals surface area contributed by atoms with Gasteiger partial charge in [-0.15, -0.1) is 0 Å². The maximum atomic E-state index is 13.1. The quantitative estimate of drug-likeness (QED) is 0.0229. The third-order valence-corrected chi connectivity index (χ3v) is 11.0. The number of hydrogen-bond donors (Lipinski definition) is 3. The first-order valence-corrected chi connectivity index (χ1v) is 26.5. The Morgan fingerprint density at radius 2 is 0.930 bits per heavy atom. The van der Waals surface area contributed by atoms with E-state index < -0.39 is 73.9 Å². The van der Waals surface area contributed by atoms with Crippen LogP contribution in [0.25, 0.3) is 0 Å². The fourth-order valence-electron chi connectivity index (χ4n) is 7.00. The van der Waals surface area contributed by atoms with Gasteiger partial charge in [0.15, 0.2) is 24.6 Å². The standard InChI is InChI=1S/C59H90O12/c1-4-7-10-13-16-19-22-24-26-28-31-33-36-39-42-45-51(60)67-48-50(69-52(61)46-43-40-37-35-32-29-27-25-23-20-17-14-11-8-5-2)49-68-59-57(55(64)54(63)56(71-59)58(65)66)70-53(62)47-44-41-38-34-30-21-18-15-12-9-6-3/h7-8,10-11,15-20,24-27,31-33,35,39,42,50,54-57,59,63-64H,4-6,9,12-14,21-23,28-30,34,36-38,40-41,43-49H2,1-3H3,(H,65,66)/b10-7-,11-8-,18-15-,19-16-,20-17-,26-24-,27-25-,33-31-,35-32-,42-39-. The minimum atomic E-state index is -1.93. The smallest absolute Gasteiger partial charge is 0.335 e. The number of carbonyl (C=O) groups is 4. The largest absolute Gasteiger partial charge is 0.479 e. The van der Waals surface area contributed by atoms with E-state index in [4.69, 9.17) is 23.7 Å². The van der Waals surface area contributed by atoms with Crippen LogP contribution in [-0.2, 0) is 42.9 Å². The maximum absolute atomic E-state index is 13.1. The summed E-state index contributed by atoms with van der Waals surface area (Å²) < 4.78 is 28.1. The second-order valence-electron chi connectivity index (χ2n) is 17.4. The molecule has 71 heavy (non-hydrogen) atoms. The fraction of sp³-hybridized carbons (Fsp3) is 0.593. The zero-order valence-corrected chi connectivity index (χ0v) is 43.4. The molecular weight excluding hydrogens is 901 g/mol. The van der Waals surface area contributed by atoms with Crippen molar-refractivity contribution >= 4 is 23.9 Å². The molecule has 398 valence electrons. The lowest BCUT2D eigenvalue weighted by Gasteiger charge is -2.40. The van der Waals surface area contributed by atoms with E-state index in [9.17, 15) is 34.5 Å². The molecule has 0 radical (unpaired) electrons. The summed E-state index contributed by atoms with van der Waals surface area (Å²) in [5, 5.41) is 31.3. The Morgan fingerprint density at radius 1 is 0.493 bits per heavy atom. The number of aliphatic hydroxyl groups excluding tert-OH is 2. The minimum absolute atomic E-state index is 0.0294. The van der Waals surface area contributed by atoms with E-state index in [2.05, 4.69) is 118 Å².